The fourth-order valence-electron chi connectivity index (χ4n) is 7.31. The van der Waals surface area contributed by atoms with Gasteiger partial charge in [0.1, 0.15) is 18.8 Å². The van der Waals surface area contributed by atoms with Crippen molar-refractivity contribution in [2.24, 2.45) is 0 Å². The Hall–Kier alpha value is -5.17. The molecule has 46 heavy (non-hydrogen) atoms. The van der Waals surface area contributed by atoms with Crippen LogP contribution < -0.4 is 4.90 Å². The van der Waals surface area contributed by atoms with Crippen LogP contribution in [0.15, 0.2) is 103 Å². The van der Waals surface area contributed by atoms with E-state index >= 15 is 0 Å². The first-order valence-corrected chi connectivity index (χ1v) is 15.6. The first-order chi connectivity index (χ1) is 22.1. The highest BCUT2D eigenvalue weighted by atomic mass is 16.5. The summed E-state index contributed by atoms with van der Waals surface area (Å²) in [6.45, 7) is 10.2. The molecule has 0 radical (unpaired) electrons. The molecule has 0 atom stereocenters. The summed E-state index contributed by atoms with van der Waals surface area (Å²) in [4.78, 5) is 24.7. The second-order valence-electron chi connectivity index (χ2n) is 12.9. The Kier molecular flexibility index (Phi) is 8.03. The third kappa shape index (κ3) is 5.15. The number of aromatic hydroxyl groups is 1. The van der Waals surface area contributed by atoms with Crippen molar-refractivity contribution in [2.45, 2.75) is 44.9 Å². The minimum Gasteiger partial charge on any atom is -0.508 e. The summed E-state index contributed by atoms with van der Waals surface area (Å²) in [6, 6.07) is 22.2. The van der Waals surface area contributed by atoms with Crippen molar-refractivity contribution in [3.8, 4) is 5.75 Å². The molecule has 2 heterocycles. The van der Waals surface area contributed by atoms with E-state index in [4.69, 9.17) is 4.74 Å². The Morgan fingerprint density at radius 3 is 2.26 bits per heavy atom. The molecule has 7 heteroatoms. The molecule has 0 saturated carbocycles. The molecule has 2 aliphatic rings. The molecule has 6 rings (SSSR count). The number of hydrogen-bond donors (Lipinski definition) is 2. The zero-order valence-corrected chi connectivity index (χ0v) is 26.7. The van der Waals surface area contributed by atoms with Crippen molar-refractivity contribution < 1.29 is 29.1 Å². The number of fused-ring (bicyclic) bond motifs is 7. The molecule has 234 valence electrons. The minimum atomic E-state index is -0.831. The van der Waals surface area contributed by atoms with Gasteiger partial charge in [0.15, 0.2) is 12.3 Å². The van der Waals surface area contributed by atoms with E-state index in [1.165, 1.54) is 16.3 Å². The van der Waals surface area contributed by atoms with E-state index in [0.29, 0.717) is 19.6 Å². The molecular formula is C39H39N2O5+. The van der Waals surface area contributed by atoms with Crippen molar-refractivity contribution in [1.82, 2.24) is 0 Å². The highest BCUT2D eigenvalue weighted by Crippen LogP contribution is 2.50. The van der Waals surface area contributed by atoms with Crippen molar-refractivity contribution in [3.05, 3.63) is 114 Å². The van der Waals surface area contributed by atoms with Gasteiger partial charge in [-0.05, 0) is 65.9 Å². The standard InChI is InChI=1S/C39H38N2O5/c1-38(2)31-24-26(43)18-19-32(31)40(22-23-46-25-42)33(38)16-6-5-7-17-34-39(3,4)36-29-14-10-8-12-27(29)28-13-9-11-15-30(28)37(36)41(34)21-20-35(44)45/h5-19,24-25H,20-23H2,1-4H3,(H-,43,44,45)/p+1. The number of hydrogen-bond acceptors (Lipinski definition) is 5. The molecule has 0 amide bonds. The first-order valence-electron chi connectivity index (χ1n) is 15.6. The van der Waals surface area contributed by atoms with Gasteiger partial charge in [-0.3, -0.25) is 9.59 Å². The molecule has 0 bridgehead atoms. The van der Waals surface area contributed by atoms with E-state index in [0.717, 1.165) is 39.1 Å². The van der Waals surface area contributed by atoms with Crippen LogP contribution in [0, 0.1) is 0 Å². The van der Waals surface area contributed by atoms with Gasteiger partial charge in [-0.2, -0.15) is 4.58 Å². The fourth-order valence-corrected chi connectivity index (χ4v) is 7.31. The van der Waals surface area contributed by atoms with E-state index < -0.39 is 5.97 Å². The Labute approximate surface area is 269 Å². The fraction of sp³-hybridized carbons (Fsp3) is 0.256. The number of carbonyl (C=O) groups is 2. The average molecular weight is 616 g/mol. The Balaban J connectivity index is 1.41. The lowest BCUT2D eigenvalue weighted by Gasteiger charge is -2.26. The van der Waals surface area contributed by atoms with E-state index in [-0.39, 0.29) is 29.6 Å². The van der Waals surface area contributed by atoms with E-state index in [9.17, 15) is 19.8 Å². The number of nitrogens with zero attached hydrogens (tertiary/aromatic N) is 2. The lowest BCUT2D eigenvalue weighted by Crippen LogP contribution is -2.29. The smallest absolute Gasteiger partial charge is 0.309 e. The molecule has 2 aliphatic heterocycles. The molecule has 0 aliphatic carbocycles. The van der Waals surface area contributed by atoms with Gasteiger partial charge < -0.3 is 19.8 Å². The van der Waals surface area contributed by atoms with Crippen LogP contribution in [0.4, 0.5) is 11.4 Å². The number of carbonyl (C=O) groups excluding carboxylic acids is 1. The predicted octanol–water partition coefficient (Wildman–Crippen LogP) is 7.52. The zero-order chi connectivity index (χ0) is 32.6. The van der Waals surface area contributed by atoms with Gasteiger partial charge >= 0.3 is 5.97 Å². The highest BCUT2D eigenvalue weighted by molar-refractivity contribution is 6.18. The molecule has 2 N–H and O–H groups in total. The van der Waals surface area contributed by atoms with Crippen LogP contribution in [0.1, 0.15) is 45.2 Å². The third-order valence-corrected chi connectivity index (χ3v) is 9.39. The topological polar surface area (TPSA) is 90.1 Å². The Bertz CT molecular complexity index is 2000. The maximum atomic E-state index is 11.8. The second kappa shape index (κ2) is 12.0. The summed E-state index contributed by atoms with van der Waals surface area (Å²) in [5, 5.41) is 24.5. The van der Waals surface area contributed by atoms with Gasteiger partial charge in [0, 0.05) is 28.4 Å². The van der Waals surface area contributed by atoms with Gasteiger partial charge in [-0.25, -0.2) is 0 Å². The number of rotatable bonds is 10. The van der Waals surface area contributed by atoms with Crippen LogP contribution in [-0.2, 0) is 25.2 Å². The molecule has 4 aromatic rings. The van der Waals surface area contributed by atoms with Crippen molar-refractivity contribution in [1.29, 1.82) is 0 Å². The van der Waals surface area contributed by atoms with E-state index in [1.54, 1.807) is 12.1 Å². The Morgan fingerprint density at radius 2 is 1.57 bits per heavy atom. The summed E-state index contributed by atoms with van der Waals surface area (Å²) in [6.07, 6.45) is 10.2. The number of allylic oxidation sites excluding steroid dienone is 6. The normalized spacial score (nSPS) is 17.5. The molecule has 0 fully saturated rings. The van der Waals surface area contributed by atoms with Gasteiger partial charge in [-0.15, -0.1) is 0 Å². The van der Waals surface area contributed by atoms with Gasteiger partial charge in [-0.1, -0.05) is 74.5 Å². The first kappa shape index (κ1) is 30.8. The lowest BCUT2D eigenvalue weighted by atomic mass is 9.78. The number of carboxylic acids is 1. The molecular weight excluding hydrogens is 576 g/mol. The van der Waals surface area contributed by atoms with Crippen LogP contribution in [0.3, 0.4) is 0 Å². The van der Waals surface area contributed by atoms with Crippen molar-refractivity contribution in [3.63, 3.8) is 0 Å². The molecule has 4 aromatic carbocycles. The van der Waals surface area contributed by atoms with Crippen LogP contribution in [0.2, 0.25) is 0 Å². The van der Waals surface area contributed by atoms with Gasteiger partial charge in [0.2, 0.25) is 5.69 Å². The quantitative estimate of drug-likeness (QED) is 0.0631. The molecule has 7 nitrogen and oxygen atoms in total. The van der Waals surface area contributed by atoms with Crippen LogP contribution in [0.5, 0.6) is 5.75 Å². The summed E-state index contributed by atoms with van der Waals surface area (Å²) < 4.78 is 7.22. The zero-order valence-electron chi connectivity index (χ0n) is 26.7. The number of phenolic OH excluding ortho intramolecular Hbond substituents is 1. The van der Waals surface area contributed by atoms with Gasteiger partial charge in [0.25, 0.3) is 6.47 Å². The molecule has 0 aromatic heterocycles. The summed E-state index contributed by atoms with van der Waals surface area (Å²) in [7, 11) is 0. The monoisotopic (exact) mass is 615 g/mol. The number of benzene rings is 4. The molecule has 0 spiro atoms. The number of anilines is 1. The summed E-state index contributed by atoms with van der Waals surface area (Å²) >= 11 is 0. The average Bonchev–Trinajstić information content (AvgIpc) is 3.38. The van der Waals surface area contributed by atoms with Gasteiger partial charge in [0.05, 0.1) is 17.3 Å². The largest absolute Gasteiger partial charge is 0.508 e. The van der Waals surface area contributed by atoms with Crippen LogP contribution in [0.25, 0.3) is 21.5 Å². The number of ether oxygens (including phenoxy) is 1. The third-order valence-electron chi connectivity index (χ3n) is 9.39. The predicted molar refractivity (Wildman–Crippen MR) is 183 cm³/mol. The number of phenols is 1. The van der Waals surface area contributed by atoms with Crippen LogP contribution in [-0.4, -0.2) is 52.6 Å². The Morgan fingerprint density at radius 1 is 0.891 bits per heavy atom. The van der Waals surface area contributed by atoms with E-state index in [2.05, 4.69) is 91.8 Å². The summed E-state index contributed by atoms with van der Waals surface area (Å²) in [5.41, 5.74) is 5.56. The SMILES string of the molecule is CC1(C)C(/C=C/C=C/C=C2\N(CCOC=O)c3ccc(O)cc3C2(C)C)=[N+](CCC(=O)O)c2c1c1ccccc1c1ccccc21. The second-order valence-corrected chi connectivity index (χ2v) is 12.9. The van der Waals surface area contributed by atoms with Crippen molar-refractivity contribution in [2.75, 3.05) is 24.6 Å². The maximum absolute atomic E-state index is 11.8. The maximum Gasteiger partial charge on any atom is 0.309 e. The van der Waals surface area contributed by atoms with E-state index in [1.807, 2.05) is 30.4 Å². The molecule has 0 saturated heterocycles. The minimum absolute atomic E-state index is 0.0187. The highest BCUT2D eigenvalue weighted by Gasteiger charge is 2.47. The molecule has 0 unspecified atom stereocenters. The van der Waals surface area contributed by atoms with Crippen LogP contribution >= 0.6 is 0 Å². The summed E-state index contributed by atoms with van der Waals surface area (Å²) in [5.74, 6) is -0.622. The number of carboxylic acid groups (broad SMARTS) is 1. The lowest BCUT2D eigenvalue weighted by molar-refractivity contribution is -0.435. The number of aliphatic carboxylic acids is 1. The van der Waals surface area contributed by atoms with Crippen molar-refractivity contribution >= 4 is 51.1 Å².